The minimum Gasteiger partial charge on any atom is -0.451 e. The molecule has 162 valence electrons. The first kappa shape index (κ1) is 21.8. The van der Waals surface area contributed by atoms with Crippen LogP contribution in [-0.4, -0.2) is 58.8 Å². The monoisotopic (exact) mass is 415 g/mol. The molecule has 1 aromatic carbocycles. The first-order valence-corrected chi connectivity index (χ1v) is 10.4. The van der Waals surface area contributed by atoms with Gasteiger partial charge in [0.25, 0.3) is 11.8 Å². The minimum absolute atomic E-state index is 0.317. The number of likely N-dealkylation sites (N-methyl/N-ethyl adjacent to an activating group) is 1. The van der Waals surface area contributed by atoms with E-state index in [1.165, 1.54) is 11.8 Å². The van der Waals surface area contributed by atoms with Gasteiger partial charge >= 0.3 is 12.0 Å². The number of esters is 1. The lowest BCUT2D eigenvalue weighted by Crippen LogP contribution is -2.49. The van der Waals surface area contributed by atoms with Crippen molar-refractivity contribution in [2.45, 2.75) is 64.1 Å². The average molecular weight is 415 g/mol. The Morgan fingerprint density at radius 3 is 2.40 bits per heavy atom. The van der Waals surface area contributed by atoms with Gasteiger partial charge in [0.1, 0.15) is 12.1 Å². The largest absolute Gasteiger partial charge is 0.451 e. The molecule has 1 N–H and O–H groups in total. The molecule has 8 heteroatoms. The number of nitrogens with zero attached hydrogens (tertiary/aromatic N) is 2. The quantitative estimate of drug-likeness (QED) is 0.567. The van der Waals surface area contributed by atoms with Crippen molar-refractivity contribution in [3.63, 3.8) is 0 Å². The zero-order valence-corrected chi connectivity index (χ0v) is 17.8. The lowest BCUT2D eigenvalue weighted by Gasteiger charge is -2.35. The van der Waals surface area contributed by atoms with Crippen molar-refractivity contribution in [3.8, 4) is 0 Å². The van der Waals surface area contributed by atoms with E-state index in [4.69, 9.17) is 4.74 Å². The highest BCUT2D eigenvalue weighted by atomic mass is 16.5. The third kappa shape index (κ3) is 4.32. The molecule has 1 heterocycles. The maximum absolute atomic E-state index is 12.9. The summed E-state index contributed by atoms with van der Waals surface area (Å²) in [5, 5.41) is 2.72. The number of benzene rings is 1. The van der Waals surface area contributed by atoms with Crippen LogP contribution < -0.4 is 5.32 Å². The topological polar surface area (TPSA) is 96.0 Å². The van der Waals surface area contributed by atoms with Crippen molar-refractivity contribution in [2.24, 2.45) is 0 Å². The Labute approximate surface area is 176 Å². The van der Waals surface area contributed by atoms with Crippen LogP contribution in [0, 0.1) is 6.92 Å². The maximum Gasteiger partial charge on any atom is 0.327 e. The van der Waals surface area contributed by atoms with E-state index in [2.05, 4.69) is 5.32 Å². The molecule has 30 heavy (non-hydrogen) atoms. The number of imide groups is 1. The van der Waals surface area contributed by atoms with Gasteiger partial charge < -0.3 is 15.0 Å². The zero-order valence-electron chi connectivity index (χ0n) is 17.8. The van der Waals surface area contributed by atoms with Crippen LogP contribution in [0.4, 0.5) is 4.79 Å². The second kappa shape index (κ2) is 8.85. The molecule has 0 unspecified atom stereocenters. The van der Waals surface area contributed by atoms with E-state index >= 15 is 0 Å². The lowest BCUT2D eigenvalue weighted by molar-refractivity contribution is -0.156. The van der Waals surface area contributed by atoms with Crippen molar-refractivity contribution in [3.05, 3.63) is 35.4 Å². The number of amides is 4. The highest BCUT2D eigenvalue weighted by Crippen LogP contribution is 2.39. The van der Waals surface area contributed by atoms with Crippen molar-refractivity contribution in [1.82, 2.24) is 15.1 Å². The molecule has 1 aliphatic heterocycles. The smallest absolute Gasteiger partial charge is 0.327 e. The van der Waals surface area contributed by atoms with E-state index in [1.54, 1.807) is 7.05 Å². The molecule has 0 bridgehead atoms. The summed E-state index contributed by atoms with van der Waals surface area (Å²) in [6, 6.07) is 7.23. The standard InChI is InChI=1S/C22H29N3O5/c1-15-7-9-17(10-8-15)13-23-19(27)16(2)30-18(26)14-25-20(28)22(24(3)21(25)29)11-5-4-6-12-22/h7-10,16H,4-6,11-14H2,1-3H3,(H,23,27)/t16-/m0/s1. The molecule has 1 atom stereocenters. The second-order valence-electron chi connectivity index (χ2n) is 8.16. The van der Waals surface area contributed by atoms with Gasteiger partial charge in [-0.3, -0.25) is 19.3 Å². The molecule has 8 nitrogen and oxygen atoms in total. The zero-order chi connectivity index (χ0) is 21.9. The number of hydrogen-bond acceptors (Lipinski definition) is 5. The molecule has 1 saturated carbocycles. The number of carbonyl (C=O) groups excluding carboxylic acids is 4. The normalized spacial score (nSPS) is 19.2. The minimum atomic E-state index is -1.03. The van der Waals surface area contributed by atoms with Crippen LogP contribution in [0.25, 0.3) is 0 Å². The summed E-state index contributed by atoms with van der Waals surface area (Å²) in [7, 11) is 1.61. The average Bonchev–Trinajstić information content (AvgIpc) is 2.90. The third-order valence-electron chi connectivity index (χ3n) is 6.04. The van der Waals surface area contributed by atoms with Gasteiger partial charge in [0.05, 0.1) is 0 Å². The predicted molar refractivity (Wildman–Crippen MR) is 109 cm³/mol. The third-order valence-corrected chi connectivity index (χ3v) is 6.04. The number of aryl methyl sites for hydroxylation is 1. The van der Waals surface area contributed by atoms with Gasteiger partial charge in [-0.1, -0.05) is 49.1 Å². The number of carbonyl (C=O) groups is 4. The first-order valence-electron chi connectivity index (χ1n) is 10.4. The molecule has 1 saturated heterocycles. The van der Waals surface area contributed by atoms with E-state index in [-0.39, 0.29) is 5.91 Å². The molecular formula is C22H29N3O5. The number of urea groups is 1. The Morgan fingerprint density at radius 1 is 1.13 bits per heavy atom. The second-order valence-corrected chi connectivity index (χ2v) is 8.16. The van der Waals surface area contributed by atoms with Crippen LogP contribution in [0.3, 0.4) is 0 Å². The van der Waals surface area contributed by atoms with Gasteiger partial charge in [0.15, 0.2) is 6.10 Å². The van der Waals surface area contributed by atoms with Gasteiger partial charge in [0.2, 0.25) is 0 Å². The summed E-state index contributed by atoms with van der Waals surface area (Å²) in [6.07, 6.45) is 2.97. The molecule has 2 fully saturated rings. The SMILES string of the molecule is Cc1ccc(CNC(=O)[C@H](C)OC(=O)CN2C(=O)N(C)C3(CCCCC3)C2=O)cc1. The highest BCUT2D eigenvalue weighted by molar-refractivity contribution is 6.08. The molecule has 3 rings (SSSR count). The Hall–Kier alpha value is -2.90. The highest BCUT2D eigenvalue weighted by Gasteiger charge is 2.56. The fourth-order valence-corrected chi connectivity index (χ4v) is 4.13. The molecule has 2 aliphatic rings. The first-order chi connectivity index (χ1) is 14.2. The molecule has 0 aromatic heterocycles. The molecule has 0 radical (unpaired) electrons. The summed E-state index contributed by atoms with van der Waals surface area (Å²) in [6.45, 7) is 3.27. The molecule has 4 amide bonds. The predicted octanol–water partition coefficient (Wildman–Crippen LogP) is 2.14. The van der Waals surface area contributed by atoms with Crippen LogP contribution in [-0.2, 0) is 25.7 Å². The summed E-state index contributed by atoms with van der Waals surface area (Å²) in [4.78, 5) is 52.5. The molecule has 1 aliphatic carbocycles. The summed E-state index contributed by atoms with van der Waals surface area (Å²) in [5.74, 6) is -1.57. The lowest BCUT2D eigenvalue weighted by atomic mass is 9.81. The Bertz CT molecular complexity index is 830. The number of hydrogen-bond donors (Lipinski definition) is 1. The van der Waals surface area contributed by atoms with E-state index in [0.717, 1.165) is 35.3 Å². The van der Waals surface area contributed by atoms with Crippen molar-refractivity contribution < 1.29 is 23.9 Å². The molecule has 1 aromatic rings. The van der Waals surface area contributed by atoms with Gasteiger partial charge in [-0.2, -0.15) is 0 Å². The van der Waals surface area contributed by atoms with Gasteiger partial charge in [0, 0.05) is 13.6 Å². The fourth-order valence-electron chi connectivity index (χ4n) is 4.13. The van der Waals surface area contributed by atoms with Crippen molar-refractivity contribution in [2.75, 3.05) is 13.6 Å². The summed E-state index contributed by atoms with van der Waals surface area (Å²) < 4.78 is 5.17. The summed E-state index contributed by atoms with van der Waals surface area (Å²) >= 11 is 0. The number of nitrogens with one attached hydrogen (secondary N) is 1. The summed E-state index contributed by atoms with van der Waals surface area (Å²) in [5.41, 5.74) is 1.22. The molecule has 1 spiro atoms. The van der Waals surface area contributed by atoms with Crippen molar-refractivity contribution in [1.29, 1.82) is 0 Å². The maximum atomic E-state index is 12.9. The Kier molecular flexibility index (Phi) is 6.43. The van der Waals surface area contributed by atoms with Crippen LogP contribution in [0.5, 0.6) is 0 Å². The Balaban J connectivity index is 1.53. The van der Waals surface area contributed by atoms with E-state index in [9.17, 15) is 19.2 Å². The van der Waals surface area contributed by atoms with Gasteiger partial charge in [-0.25, -0.2) is 4.79 Å². The van der Waals surface area contributed by atoms with Gasteiger partial charge in [-0.05, 0) is 32.3 Å². The fraction of sp³-hybridized carbons (Fsp3) is 0.545. The van der Waals surface area contributed by atoms with Gasteiger partial charge in [-0.15, -0.1) is 0 Å². The van der Waals surface area contributed by atoms with Crippen LogP contribution in [0.2, 0.25) is 0 Å². The van der Waals surface area contributed by atoms with E-state index in [1.807, 2.05) is 31.2 Å². The van der Waals surface area contributed by atoms with Crippen molar-refractivity contribution >= 4 is 23.8 Å². The van der Waals surface area contributed by atoms with Crippen LogP contribution in [0.1, 0.15) is 50.2 Å². The van der Waals surface area contributed by atoms with E-state index in [0.29, 0.717) is 19.4 Å². The van der Waals surface area contributed by atoms with E-state index < -0.39 is 36.1 Å². The number of ether oxygens (including phenoxy) is 1. The Morgan fingerprint density at radius 2 is 1.77 bits per heavy atom. The van der Waals surface area contributed by atoms with Crippen LogP contribution in [0.15, 0.2) is 24.3 Å². The van der Waals surface area contributed by atoms with Crippen LogP contribution >= 0.6 is 0 Å². The number of rotatable bonds is 6. The molecular weight excluding hydrogens is 386 g/mol.